The fourth-order valence-electron chi connectivity index (χ4n) is 6.44. The first-order valence-electron chi connectivity index (χ1n) is 16.4. The molecule has 3 aromatic rings. The lowest BCUT2D eigenvalue weighted by atomic mass is 9.67. The van der Waals surface area contributed by atoms with Crippen LogP contribution in [0.3, 0.4) is 0 Å². The van der Waals surface area contributed by atoms with Crippen molar-refractivity contribution in [2.24, 2.45) is 17.3 Å². The predicted octanol–water partition coefficient (Wildman–Crippen LogP) is 7.02. The third-order valence-corrected chi connectivity index (χ3v) is 9.04. The highest BCUT2D eigenvalue weighted by atomic mass is 19.1. The molecule has 9 nitrogen and oxygen atoms in total. The van der Waals surface area contributed by atoms with Crippen LogP contribution in [0.1, 0.15) is 78.8 Å². The summed E-state index contributed by atoms with van der Waals surface area (Å²) >= 11 is 0. The summed E-state index contributed by atoms with van der Waals surface area (Å²) in [4.78, 5) is 57.3. The van der Waals surface area contributed by atoms with Crippen LogP contribution in [0.15, 0.2) is 66.7 Å². The van der Waals surface area contributed by atoms with Gasteiger partial charge in [0.05, 0.1) is 14.2 Å². The molecule has 1 aliphatic heterocycles. The molecule has 2 atom stereocenters. The van der Waals surface area contributed by atoms with E-state index in [0.29, 0.717) is 33.8 Å². The molecular formula is C39H47FN2O7. The first-order chi connectivity index (χ1) is 23.1. The number of amides is 2. The molecule has 4 rings (SSSR count). The van der Waals surface area contributed by atoms with Gasteiger partial charge in [0.2, 0.25) is 5.91 Å². The fraction of sp³-hybridized carbons (Fsp3) is 0.436. The molecule has 1 saturated heterocycles. The Balaban J connectivity index is 1.78. The lowest BCUT2D eigenvalue weighted by Crippen LogP contribution is -2.55. The number of piperidine rings is 1. The van der Waals surface area contributed by atoms with Gasteiger partial charge in [0.1, 0.15) is 22.9 Å². The molecule has 0 unspecified atom stereocenters. The maximum Gasteiger partial charge on any atom is 0.407 e. The molecular weight excluding hydrogens is 627 g/mol. The van der Waals surface area contributed by atoms with Gasteiger partial charge in [-0.25, -0.2) is 9.18 Å². The molecule has 0 bridgehead atoms. The third-order valence-electron chi connectivity index (χ3n) is 9.04. The lowest BCUT2D eigenvalue weighted by molar-refractivity contribution is -0.143. The number of hydrogen-bond acceptors (Lipinski definition) is 7. The van der Waals surface area contributed by atoms with E-state index in [0.717, 1.165) is 0 Å². The molecule has 10 heteroatoms. The zero-order valence-corrected chi connectivity index (χ0v) is 29.6. The van der Waals surface area contributed by atoms with Crippen LogP contribution in [0.25, 0.3) is 0 Å². The Morgan fingerprint density at radius 2 is 1.33 bits per heavy atom. The van der Waals surface area contributed by atoms with Crippen LogP contribution in [0.2, 0.25) is 0 Å². The average Bonchev–Trinajstić information content (AvgIpc) is 3.07. The average molecular weight is 675 g/mol. The molecule has 0 aromatic heterocycles. The number of likely N-dealkylation sites (tertiary alicyclic amines) is 1. The molecule has 1 N–H and O–H groups in total. The van der Waals surface area contributed by atoms with Gasteiger partial charge in [-0.2, -0.15) is 0 Å². The standard InChI is InChI=1S/C39H47FN2O7/c1-24-29(16-11-17-32(24)40)33-30(34(43)25-12-9-14-27(20-25)47-7)22-42(23-31(33)35(44)26-13-10-15-28(21-26)48-8)36(45)39(5,6)18-19-41-37(46)49-38(2,3)4/h9-17,20-21,30-31,33H,18-19,22-23H2,1-8H3,(H,41,46)/t30-,31-/m0/s1. The van der Waals surface area contributed by atoms with Crippen molar-refractivity contribution in [3.8, 4) is 11.5 Å². The largest absolute Gasteiger partial charge is 0.497 e. The van der Waals surface area contributed by atoms with Crippen molar-refractivity contribution in [2.45, 2.75) is 59.5 Å². The van der Waals surface area contributed by atoms with Crippen molar-refractivity contribution < 1.29 is 37.8 Å². The minimum Gasteiger partial charge on any atom is -0.497 e. The minimum atomic E-state index is -0.982. The van der Waals surface area contributed by atoms with Crippen molar-refractivity contribution in [2.75, 3.05) is 33.9 Å². The number of benzene rings is 3. The summed E-state index contributed by atoms with van der Waals surface area (Å²) in [5.41, 5.74) is -0.0709. The molecule has 3 aromatic carbocycles. The molecule has 1 fully saturated rings. The molecule has 0 spiro atoms. The van der Waals surface area contributed by atoms with E-state index in [1.165, 1.54) is 20.3 Å². The molecule has 49 heavy (non-hydrogen) atoms. The third kappa shape index (κ3) is 8.85. The zero-order chi connectivity index (χ0) is 36.1. The predicted molar refractivity (Wildman–Crippen MR) is 185 cm³/mol. The van der Waals surface area contributed by atoms with Crippen molar-refractivity contribution in [1.29, 1.82) is 0 Å². The number of hydrogen-bond donors (Lipinski definition) is 1. The van der Waals surface area contributed by atoms with Crippen LogP contribution in [-0.2, 0) is 9.53 Å². The number of carbonyl (C=O) groups is 4. The van der Waals surface area contributed by atoms with Crippen molar-refractivity contribution in [3.05, 3.63) is 94.8 Å². The summed E-state index contributed by atoms with van der Waals surface area (Å²) in [6.45, 7) is 10.7. The molecule has 0 saturated carbocycles. The number of halogens is 1. The van der Waals surface area contributed by atoms with Gasteiger partial charge in [-0.1, -0.05) is 50.2 Å². The molecule has 1 heterocycles. The Labute approximate surface area is 288 Å². The van der Waals surface area contributed by atoms with Crippen LogP contribution in [-0.4, -0.2) is 67.9 Å². The number of nitrogens with one attached hydrogen (secondary N) is 1. The van der Waals surface area contributed by atoms with Crippen LogP contribution >= 0.6 is 0 Å². The normalized spacial score (nSPS) is 16.9. The monoisotopic (exact) mass is 674 g/mol. The summed E-state index contributed by atoms with van der Waals surface area (Å²) in [6.07, 6.45) is -0.313. The van der Waals surface area contributed by atoms with Gasteiger partial charge < -0.3 is 24.4 Å². The number of carbonyl (C=O) groups excluding carboxylic acids is 4. The van der Waals surface area contributed by atoms with Crippen LogP contribution in [0.5, 0.6) is 11.5 Å². The van der Waals surface area contributed by atoms with E-state index in [1.54, 1.807) is 107 Å². The second-order valence-corrected chi connectivity index (χ2v) is 14.2. The number of methoxy groups -OCH3 is 2. The summed E-state index contributed by atoms with van der Waals surface area (Å²) in [6, 6.07) is 18.2. The van der Waals surface area contributed by atoms with E-state index in [1.807, 2.05) is 0 Å². The van der Waals surface area contributed by atoms with Crippen molar-refractivity contribution in [3.63, 3.8) is 0 Å². The second-order valence-electron chi connectivity index (χ2n) is 14.2. The van der Waals surface area contributed by atoms with E-state index >= 15 is 4.39 Å². The number of nitrogens with zero attached hydrogens (tertiary/aromatic N) is 1. The fourth-order valence-corrected chi connectivity index (χ4v) is 6.44. The first kappa shape index (κ1) is 37.1. The Morgan fingerprint density at radius 3 is 1.82 bits per heavy atom. The summed E-state index contributed by atoms with van der Waals surface area (Å²) in [5, 5.41) is 2.71. The molecule has 0 aliphatic carbocycles. The maximum absolute atomic E-state index is 15.2. The molecule has 2 amide bonds. The number of rotatable bonds is 11. The van der Waals surface area contributed by atoms with Gasteiger partial charge in [-0.3, -0.25) is 14.4 Å². The van der Waals surface area contributed by atoms with Gasteiger partial charge >= 0.3 is 6.09 Å². The van der Waals surface area contributed by atoms with Gasteiger partial charge in [-0.05, 0) is 75.6 Å². The lowest BCUT2D eigenvalue weighted by Gasteiger charge is -2.45. The van der Waals surface area contributed by atoms with E-state index in [-0.39, 0.29) is 43.5 Å². The number of Topliss-reactive ketones (excluding diaryl/α,β-unsaturated/α-hetero) is 2. The highest BCUT2D eigenvalue weighted by Crippen LogP contribution is 2.44. The summed E-state index contributed by atoms with van der Waals surface area (Å²) < 4.78 is 31.3. The maximum atomic E-state index is 15.2. The van der Waals surface area contributed by atoms with Crippen molar-refractivity contribution >= 4 is 23.6 Å². The number of ketones is 2. The Morgan fingerprint density at radius 1 is 0.816 bits per heavy atom. The van der Waals surface area contributed by atoms with Gasteiger partial charge in [0.25, 0.3) is 0 Å². The highest BCUT2D eigenvalue weighted by Gasteiger charge is 2.48. The minimum absolute atomic E-state index is 0.000309. The Bertz CT molecular complexity index is 1630. The Kier molecular flexibility index (Phi) is 11.5. The van der Waals surface area contributed by atoms with Gasteiger partial charge in [0, 0.05) is 53.9 Å². The number of ether oxygens (including phenoxy) is 3. The summed E-state index contributed by atoms with van der Waals surface area (Å²) in [5.74, 6) is -2.91. The van der Waals surface area contributed by atoms with E-state index < -0.39 is 40.7 Å². The molecule has 1 aliphatic rings. The molecule has 262 valence electrons. The highest BCUT2D eigenvalue weighted by molar-refractivity contribution is 6.03. The van der Waals surface area contributed by atoms with E-state index in [2.05, 4.69) is 5.32 Å². The zero-order valence-electron chi connectivity index (χ0n) is 29.6. The quantitative estimate of drug-likeness (QED) is 0.218. The smallest absolute Gasteiger partial charge is 0.407 e. The van der Waals surface area contributed by atoms with E-state index in [4.69, 9.17) is 14.2 Å². The van der Waals surface area contributed by atoms with Crippen LogP contribution < -0.4 is 14.8 Å². The topological polar surface area (TPSA) is 111 Å². The van der Waals surface area contributed by atoms with Crippen LogP contribution in [0.4, 0.5) is 9.18 Å². The van der Waals surface area contributed by atoms with Crippen LogP contribution in [0, 0.1) is 30.0 Å². The second kappa shape index (κ2) is 15.2. The van der Waals surface area contributed by atoms with Gasteiger partial charge in [0.15, 0.2) is 11.6 Å². The summed E-state index contributed by atoms with van der Waals surface area (Å²) in [7, 11) is 3.01. The van der Waals surface area contributed by atoms with Crippen molar-refractivity contribution in [1.82, 2.24) is 10.2 Å². The molecule has 0 radical (unpaired) electrons. The van der Waals surface area contributed by atoms with E-state index in [9.17, 15) is 19.2 Å². The number of alkyl carbamates (subject to hydrolysis) is 1. The Hall–Kier alpha value is -4.73. The van der Waals surface area contributed by atoms with Gasteiger partial charge in [-0.15, -0.1) is 0 Å². The SMILES string of the molecule is COc1cccc(C(=O)[C@H]2CN(C(=O)C(C)(C)CCNC(=O)OC(C)(C)C)C[C@H](C(=O)c3cccc(OC)c3)C2c2cccc(F)c2C)c1. The first-order valence-corrected chi connectivity index (χ1v) is 16.4.